The zero-order valence-electron chi connectivity index (χ0n) is 56.2. The van der Waals surface area contributed by atoms with Crippen LogP contribution in [0.4, 0.5) is 43.3 Å². The van der Waals surface area contributed by atoms with E-state index in [9.17, 15) is 0 Å². The number of rotatable bonds is 12. The first kappa shape index (κ1) is 71.9. The van der Waals surface area contributed by atoms with Crippen molar-refractivity contribution in [2.24, 2.45) is 0 Å². The molecule has 0 fully saturated rings. The van der Waals surface area contributed by atoms with Gasteiger partial charge in [0.05, 0.1) is 0 Å². The molecule has 0 saturated heterocycles. The average molecular weight is 1350 g/mol. The Morgan fingerprint density at radius 1 is 0.345 bits per heavy atom. The van der Waals surface area contributed by atoms with Crippen LogP contribution >= 0.6 is 0 Å². The van der Waals surface area contributed by atoms with Crippen molar-refractivity contribution in [1.82, 2.24) is 19.1 Å². The number of nitrogens with zero attached hydrogens (tertiary/aromatic N) is 6. The Kier molecular flexibility index (Phi) is 17.9. The van der Waals surface area contributed by atoms with Gasteiger partial charge in [0.15, 0.2) is 0 Å². The second kappa shape index (κ2) is 20.9. The Morgan fingerprint density at radius 3 is 0.690 bits per heavy atom. The molecule has 0 bridgehead atoms. The predicted molar refractivity (Wildman–Crippen MR) is 357 cm³/mol. The Hall–Kier alpha value is -2.85. The first-order chi connectivity index (χ1) is 37.1. The molecule has 2 aromatic heterocycles. The van der Waals surface area contributed by atoms with Crippen LogP contribution in [0.5, 0.6) is 0 Å². The minimum absolute atomic E-state index is 0.523. The summed E-state index contributed by atoms with van der Waals surface area (Å²) in [6, 6.07) is 18.6. The Morgan fingerprint density at radius 2 is 0.536 bits per heavy atom. The summed E-state index contributed by atoms with van der Waals surface area (Å²) in [5, 5.41) is -2.02. The molecule has 2 aromatic carbocycles. The van der Waals surface area contributed by atoms with Crippen LogP contribution in [0, 0.1) is 47.1 Å². The molecule has 0 amide bonds. The average Bonchev–Trinajstić information content (AvgIpc) is 0.618. The van der Waals surface area contributed by atoms with Gasteiger partial charge in [0, 0.05) is 0 Å². The molecule has 0 N–H and O–H groups in total. The summed E-state index contributed by atoms with van der Waals surface area (Å²) in [5.41, 5.74) is -2.59. The predicted octanol–water partition coefficient (Wildman–Crippen LogP) is 15.7. The summed E-state index contributed by atoms with van der Waals surface area (Å²) in [4.78, 5) is 5.87. The van der Waals surface area contributed by atoms with Crippen LogP contribution in [-0.4, -0.2) is 134 Å². The van der Waals surface area contributed by atoms with Gasteiger partial charge in [0.2, 0.25) is 0 Å². The van der Waals surface area contributed by atoms with Crippen molar-refractivity contribution in [2.45, 2.75) is 223 Å². The van der Waals surface area contributed by atoms with Crippen LogP contribution in [0.3, 0.4) is 0 Å². The molecule has 2 aliphatic heterocycles. The van der Waals surface area contributed by atoms with Gasteiger partial charge in [-0.25, -0.2) is 0 Å². The third-order valence-electron chi connectivity index (χ3n) is 18.2. The summed E-state index contributed by atoms with van der Waals surface area (Å²) < 4.78 is 178. The van der Waals surface area contributed by atoms with Crippen molar-refractivity contribution in [3.63, 3.8) is 0 Å². The van der Waals surface area contributed by atoms with E-state index in [1.54, 1.807) is 17.6 Å². The molecule has 26 heteroatoms. The third-order valence-corrected chi connectivity index (χ3v) is 242. The zero-order chi connectivity index (χ0) is 65.8. The molecule has 4 heterocycles. The maximum absolute atomic E-state index is 21.3. The normalized spacial score (nSPS) is 19.3. The van der Waals surface area contributed by atoms with Gasteiger partial charge in [-0.15, -0.1) is 0 Å². The Bertz CT molecular complexity index is 2960. The van der Waals surface area contributed by atoms with Crippen LogP contribution in [0.2, 0.25) is 118 Å². The van der Waals surface area contributed by atoms with Crippen molar-refractivity contribution in [2.75, 3.05) is 0 Å². The number of amidine groups is 2. The van der Waals surface area contributed by atoms with E-state index in [-0.39, 0.29) is 0 Å². The van der Waals surface area contributed by atoms with Gasteiger partial charge in [-0.1, -0.05) is 0 Å². The van der Waals surface area contributed by atoms with Crippen molar-refractivity contribution in [3.8, 4) is 0 Å². The summed E-state index contributed by atoms with van der Waals surface area (Å²) >= 11 is 0. The van der Waals surface area contributed by atoms with Crippen LogP contribution in [0.1, 0.15) is 94.2 Å². The van der Waals surface area contributed by atoms with E-state index in [2.05, 4.69) is 128 Å². The van der Waals surface area contributed by atoms with Crippen LogP contribution in [0.25, 0.3) is 0 Å². The van der Waals surface area contributed by atoms with E-state index in [1.165, 1.54) is 0 Å². The van der Waals surface area contributed by atoms with Gasteiger partial charge in [0.1, 0.15) is 0 Å². The first-order valence-corrected chi connectivity index (χ1v) is 66.8. The van der Waals surface area contributed by atoms with Crippen molar-refractivity contribution in [3.05, 3.63) is 119 Å². The monoisotopic (exact) mass is 1350 g/mol. The van der Waals surface area contributed by atoms with E-state index in [4.69, 9.17) is 0 Å². The number of hydrogen-bond donors (Lipinski definition) is 0. The second-order valence-corrected chi connectivity index (χ2v) is 139. The van der Waals surface area contributed by atoms with Gasteiger partial charge < -0.3 is 0 Å². The van der Waals surface area contributed by atoms with Crippen molar-refractivity contribution in [1.29, 1.82) is 0 Å². The fourth-order valence-corrected chi connectivity index (χ4v) is 344. The summed E-state index contributed by atoms with van der Waals surface area (Å²) in [5.74, 6) is -12.9. The fourth-order valence-electron chi connectivity index (χ4n) is 20.5. The van der Waals surface area contributed by atoms with Crippen molar-refractivity contribution < 1.29 is 51.8 Å². The topological polar surface area (TPSA) is 38.3 Å². The Labute approximate surface area is 504 Å². The molecular formula is C58H100F10N6Si10. The molecule has 0 aliphatic carbocycles. The van der Waals surface area contributed by atoms with Crippen LogP contribution < -0.4 is 10.4 Å². The molecule has 6 rings (SSSR count). The minimum atomic E-state index is -6.32. The second-order valence-electron chi connectivity index (χ2n) is 33.9. The standard InChI is InChI=1S/2C29H50F5N3Si5/c2*1-28(2,3)36-27(21-19-17-16-18-20-21)37(29(4,5)6)42(36,34,24-22(30)25(32)35-26(33)23(24)31)41(38(7,8)9,39(10,11)12)40(13,14)15/h2*16-20H,1-15H3. The Balaban J connectivity index is 0.000000307. The van der Waals surface area contributed by atoms with Gasteiger partial charge >= 0.3 is 508 Å². The van der Waals surface area contributed by atoms with E-state index in [0.717, 1.165) is 0 Å². The van der Waals surface area contributed by atoms with Gasteiger partial charge in [-0.3, -0.25) is 0 Å². The van der Waals surface area contributed by atoms with Gasteiger partial charge in [-0.05, 0) is 0 Å². The first-order valence-electron chi connectivity index (χ1n) is 29.3. The summed E-state index contributed by atoms with van der Waals surface area (Å²) in [6.07, 6.45) is -7.34. The quantitative estimate of drug-likeness (QED) is 0.0613. The number of aromatic nitrogens is 2. The molecule has 6 nitrogen and oxygen atoms in total. The van der Waals surface area contributed by atoms with Crippen LogP contribution in [0.15, 0.2) is 60.7 Å². The van der Waals surface area contributed by atoms with Crippen molar-refractivity contribution >= 4 is 94.9 Å². The SMILES string of the molecule is CC(C)(C)N1C(c2ccccc2)=[N+](C(C)(C)C)[Si-]1(F)(c1c(F)c(F)nc(F)c1F)[Si]([Si](C)(C)C)([Si](C)(C)C)[Si](C)(C)C.CC(C)(C)N1C(c2ccccc2)=[N+](C(C)(C)C)[Si-]1(F)(c1c(F)c(F)nc(F)c1F)[Si]([Si](C)(C)C)([Si](C)(C)C)[Si](C)(C)C. The zero-order valence-corrected chi connectivity index (χ0v) is 66.2. The van der Waals surface area contributed by atoms with Crippen LogP contribution in [-0.2, 0) is 0 Å². The van der Waals surface area contributed by atoms with E-state index >= 15 is 43.3 Å². The maximum atomic E-state index is 21.3. The van der Waals surface area contributed by atoms with E-state index in [0.29, 0.717) is 22.8 Å². The fraction of sp³-hybridized carbons (Fsp3) is 0.586. The number of benzene rings is 2. The third kappa shape index (κ3) is 9.37. The molecule has 0 spiro atoms. The number of pyridine rings is 2. The molecular weight excluding hydrogens is 1250 g/mol. The van der Waals surface area contributed by atoms with E-state index < -0.39 is 152 Å². The molecule has 2 aliphatic rings. The molecule has 4 aromatic rings. The molecule has 0 saturated carbocycles. The summed E-state index contributed by atoms with van der Waals surface area (Å²) in [6.45, 7) is 60.7. The van der Waals surface area contributed by atoms with Gasteiger partial charge in [-0.2, -0.15) is 0 Å². The number of halogens is 10. The summed E-state index contributed by atoms with van der Waals surface area (Å²) in [7, 11) is -29.2. The molecule has 0 radical (unpaired) electrons. The van der Waals surface area contributed by atoms with Gasteiger partial charge in [0.25, 0.3) is 0 Å². The molecule has 0 atom stereocenters. The molecule has 0 unspecified atom stereocenters. The molecule has 84 heavy (non-hydrogen) atoms. The van der Waals surface area contributed by atoms with E-state index in [1.807, 2.05) is 144 Å². The number of hydrogen-bond acceptors (Lipinski definition) is 4. The molecule has 472 valence electrons.